The third-order valence-electron chi connectivity index (χ3n) is 16.4. The van der Waals surface area contributed by atoms with Crippen molar-refractivity contribution in [1.29, 1.82) is 0 Å². The van der Waals surface area contributed by atoms with E-state index in [-0.39, 0.29) is 70.6 Å². The number of carbonyl (C=O) groups excluding carboxylic acids is 7. The molecule has 19 nitrogen and oxygen atoms in total. The number of alkyl carbamates (subject to hydrolysis) is 1. The molecule has 3 fully saturated rings. The highest BCUT2D eigenvalue weighted by Crippen LogP contribution is 2.30. The molecule has 3 saturated heterocycles. The van der Waals surface area contributed by atoms with E-state index in [2.05, 4.69) is 36.9 Å². The number of hydrogen-bond donors (Lipinski definition) is 8. The largest absolute Gasteiger partial charge is 0.489 e. The summed E-state index contributed by atoms with van der Waals surface area (Å²) < 4.78 is 12.0. The van der Waals surface area contributed by atoms with Crippen LogP contribution in [0.4, 0.5) is 4.79 Å². The number of hydrogen-bond acceptors (Lipinski definition) is 11. The van der Waals surface area contributed by atoms with Gasteiger partial charge in [-0.15, -0.1) is 0 Å². The number of aromatic amines is 1. The number of nitrogens with two attached hydrogens (primary N) is 1. The lowest BCUT2D eigenvalue weighted by atomic mass is 9.90. The van der Waals surface area contributed by atoms with E-state index in [0.717, 1.165) is 51.6 Å². The van der Waals surface area contributed by atoms with Crippen LogP contribution in [0.25, 0.3) is 10.9 Å². The number of aromatic nitrogens is 1. The minimum atomic E-state index is -1.28. The van der Waals surface area contributed by atoms with E-state index in [4.69, 9.17) is 15.2 Å². The van der Waals surface area contributed by atoms with Crippen molar-refractivity contribution >= 4 is 52.4 Å². The molecule has 7 atom stereocenters. The second kappa shape index (κ2) is 27.5. The van der Waals surface area contributed by atoms with Crippen molar-refractivity contribution in [3.05, 3.63) is 173 Å². The molecule has 0 saturated carbocycles. The number of H-pyrrole nitrogens is 1. The third-order valence-corrected chi connectivity index (χ3v) is 16.4. The quantitative estimate of drug-likeness (QED) is 0.0710. The number of piperidine rings is 1. The van der Waals surface area contributed by atoms with Crippen LogP contribution in [0, 0.1) is 5.92 Å². The van der Waals surface area contributed by atoms with Crippen LogP contribution in [0.1, 0.15) is 71.9 Å². The number of aryl methyl sites for hydroxylation is 2. The van der Waals surface area contributed by atoms with Gasteiger partial charge in [-0.3, -0.25) is 28.8 Å². The van der Waals surface area contributed by atoms with Crippen molar-refractivity contribution in [2.24, 2.45) is 11.7 Å². The Kier molecular flexibility index (Phi) is 19.1. The molecule has 4 aliphatic rings. The number of ether oxygens (including phenoxy) is 2. The van der Waals surface area contributed by atoms with Gasteiger partial charge in [-0.2, -0.15) is 0 Å². The fraction of sp³-hybridized carbons (Fsp3) is 0.391. The van der Waals surface area contributed by atoms with Crippen molar-refractivity contribution < 1.29 is 43.0 Å². The summed E-state index contributed by atoms with van der Waals surface area (Å²) in [5, 5.41) is 19.0. The second-order valence-electron chi connectivity index (χ2n) is 22.2. The lowest BCUT2D eigenvalue weighted by Crippen LogP contribution is -2.62. The van der Waals surface area contributed by atoms with Crippen LogP contribution in [-0.4, -0.2) is 131 Å². The van der Waals surface area contributed by atoms with Crippen LogP contribution >= 0.6 is 0 Å². The van der Waals surface area contributed by atoms with Crippen molar-refractivity contribution in [3.63, 3.8) is 0 Å². The Hall–Kier alpha value is -8.55. The molecular weight excluding hydrogens is 1050 g/mol. The molecule has 10 rings (SSSR count). The van der Waals surface area contributed by atoms with E-state index in [9.17, 15) is 4.79 Å². The first-order valence-electron chi connectivity index (χ1n) is 29.1. The number of benzene rings is 5. The summed E-state index contributed by atoms with van der Waals surface area (Å²) in [6, 6.07) is 34.4. The number of amides is 7. The smallest absolute Gasteiger partial charge is 0.407 e. The molecule has 0 bridgehead atoms. The van der Waals surface area contributed by atoms with Gasteiger partial charge in [0, 0.05) is 56.0 Å². The fourth-order valence-electron chi connectivity index (χ4n) is 11.9. The van der Waals surface area contributed by atoms with E-state index in [1.807, 2.05) is 133 Å². The van der Waals surface area contributed by atoms with Crippen LogP contribution in [0.15, 0.2) is 140 Å². The molecule has 0 spiro atoms. The van der Waals surface area contributed by atoms with E-state index < -0.39 is 83.9 Å². The lowest BCUT2D eigenvalue weighted by molar-refractivity contribution is -0.151. The van der Waals surface area contributed by atoms with Gasteiger partial charge in [0.15, 0.2) is 0 Å². The summed E-state index contributed by atoms with van der Waals surface area (Å²) in [7, 11) is 0. The Balaban J connectivity index is 1.06. The van der Waals surface area contributed by atoms with Crippen LogP contribution in [0.3, 0.4) is 0 Å². The van der Waals surface area contributed by atoms with Crippen molar-refractivity contribution in [3.8, 4) is 5.75 Å². The monoisotopic (exact) mass is 1130 g/mol. The average molecular weight is 1130 g/mol. The maximum Gasteiger partial charge on any atom is 0.407 e. The maximum atomic E-state index is 16.0. The van der Waals surface area contributed by atoms with E-state index in [1.54, 1.807) is 6.20 Å². The summed E-state index contributed by atoms with van der Waals surface area (Å²) in [6.45, 7) is 1.82. The molecule has 4 aliphatic heterocycles. The van der Waals surface area contributed by atoms with Crippen molar-refractivity contribution in [2.45, 2.75) is 120 Å². The topological polar surface area (TPSA) is 258 Å². The Morgan fingerprint density at radius 3 is 2.02 bits per heavy atom. The Morgan fingerprint density at radius 1 is 0.614 bits per heavy atom. The highest BCUT2D eigenvalue weighted by molar-refractivity contribution is 5.99. The standard InChI is InChI=1S/C64H74N10O9/c65-29-32-67-64(81)83-49-36-57-61(78)69-52(25-21-41-11-3-1-4-12-41)58(75)71-54(35-47-37-68-51-18-10-9-17-50(47)51)60(77)70-53(33-43-27-30-66-31-28-43)59(76)72-55(34-42-19-23-48(24-20-42)82-40-44-13-5-2-6-14-44)62(79)73-38-46-16-8-7-15-45(46)22-26-56(73)63(80)74(57)39-49/h1-20,23-24,37,43,49,52-57,66,68H,21-22,25-36,38-40,65H2,(H,67,81)(H,69,78)(H,70,77)(H,71,75)(H,72,76)/t49-,52+,53+,54-,55+,56+,57+/m1/s1. The highest BCUT2D eigenvalue weighted by Gasteiger charge is 2.47. The van der Waals surface area contributed by atoms with Crippen molar-refractivity contribution in [1.82, 2.24) is 46.7 Å². The van der Waals surface area contributed by atoms with Crippen LogP contribution in [0.5, 0.6) is 5.75 Å². The van der Waals surface area contributed by atoms with Gasteiger partial charge >= 0.3 is 6.09 Å². The molecule has 5 aromatic carbocycles. The summed E-state index contributed by atoms with van der Waals surface area (Å²) in [4.78, 5) is 112. The lowest BCUT2D eigenvalue weighted by Gasteiger charge is -2.37. The molecule has 19 heteroatoms. The van der Waals surface area contributed by atoms with Crippen LogP contribution < -0.4 is 42.4 Å². The molecule has 0 radical (unpaired) electrons. The molecule has 83 heavy (non-hydrogen) atoms. The number of para-hydroxylation sites is 1. The summed E-state index contributed by atoms with van der Waals surface area (Å²) in [5.41, 5.74) is 11.5. The minimum absolute atomic E-state index is 0.00274. The number of rotatable bonds is 15. The van der Waals surface area contributed by atoms with Gasteiger partial charge < -0.3 is 61.9 Å². The average Bonchev–Trinajstić information content (AvgIpc) is 4.32. The normalized spacial score (nSPS) is 23.0. The minimum Gasteiger partial charge on any atom is -0.489 e. The van der Waals surface area contributed by atoms with Gasteiger partial charge in [0.1, 0.15) is 54.7 Å². The molecule has 1 aromatic heterocycles. The summed E-state index contributed by atoms with van der Waals surface area (Å²) >= 11 is 0. The molecule has 6 aromatic rings. The zero-order valence-electron chi connectivity index (χ0n) is 46.6. The highest BCUT2D eigenvalue weighted by atomic mass is 16.6. The van der Waals surface area contributed by atoms with E-state index >= 15 is 28.8 Å². The van der Waals surface area contributed by atoms with Crippen LogP contribution in [0.2, 0.25) is 0 Å². The van der Waals surface area contributed by atoms with Gasteiger partial charge in [0.05, 0.1) is 6.54 Å². The maximum absolute atomic E-state index is 16.0. The molecule has 0 unspecified atom stereocenters. The molecule has 0 aliphatic carbocycles. The van der Waals surface area contributed by atoms with Gasteiger partial charge in [0.25, 0.3) is 0 Å². The Morgan fingerprint density at radius 2 is 1.27 bits per heavy atom. The second-order valence-corrected chi connectivity index (χ2v) is 22.2. The number of carbonyl (C=O) groups is 7. The first-order chi connectivity index (χ1) is 40.5. The molecule has 9 N–H and O–H groups in total. The number of fused-ring (bicyclic) bond motifs is 4. The summed E-state index contributed by atoms with van der Waals surface area (Å²) in [5.74, 6) is -3.08. The molecule has 434 valence electrons. The molecule has 7 amide bonds. The number of nitrogens with zero attached hydrogens (tertiary/aromatic N) is 2. The zero-order chi connectivity index (χ0) is 57.7. The first kappa shape index (κ1) is 57.7. The van der Waals surface area contributed by atoms with E-state index in [0.29, 0.717) is 43.9 Å². The molecular formula is C64H74N10O9. The van der Waals surface area contributed by atoms with Gasteiger partial charge in [-0.1, -0.05) is 115 Å². The van der Waals surface area contributed by atoms with Gasteiger partial charge in [0.2, 0.25) is 35.4 Å². The SMILES string of the molecule is NCCNC(=O)O[C@@H]1C[C@H]2C(=O)N[C@@H](CCc3ccccc3)C(=O)N[C@H](Cc3c[nH]c4ccccc34)C(=O)N[C@@H](CC3CCNCC3)C(=O)N[C@@H](Cc3ccc(OCc4ccccc4)cc3)C(=O)N3Cc4ccccc4CC[C@H]3C(=O)N2C1. The molecule has 5 heterocycles. The van der Waals surface area contributed by atoms with Crippen LogP contribution in [-0.2, 0) is 72.3 Å². The Labute approximate surface area is 483 Å². The predicted molar refractivity (Wildman–Crippen MR) is 312 cm³/mol. The summed E-state index contributed by atoms with van der Waals surface area (Å²) in [6.07, 6.45) is 2.59. The predicted octanol–water partition coefficient (Wildman–Crippen LogP) is 4.51. The Bertz CT molecular complexity index is 3230. The third kappa shape index (κ3) is 14.7. The van der Waals surface area contributed by atoms with Gasteiger partial charge in [-0.25, -0.2) is 4.79 Å². The zero-order valence-corrected chi connectivity index (χ0v) is 46.6. The fourth-order valence-corrected chi connectivity index (χ4v) is 11.9. The van der Waals surface area contributed by atoms with Crippen molar-refractivity contribution in [2.75, 3.05) is 32.7 Å². The van der Waals surface area contributed by atoms with Gasteiger partial charge in [-0.05, 0) is 116 Å². The first-order valence-corrected chi connectivity index (χ1v) is 29.1. The van der Waals surface area contributed by atoms with E-state index in [1.165, 1.54) is 9.80 Å². The number of nitrogens with one attached hydrogen (secondary N) is 7.